The van der Waals surface area contributed by atoms with Gasteiger partial charge in [-0.1, -0.05) is 35.3 Å². The van der Waals surface area contributed by atoms with Crippen molar-refractivity contribution in [1.29, 1.82) is 0 Å². The molecule has 0 N–H and O–H groups in total. The van der Waals surface area contributed by atoms with Gasteiger partial charge in [-0.05, 0) is 42.5 Å². The van der Waals surface area contributed by atoms with Crippen LogP contribution in [0, 0.1) is 20.2 Å². The van der Waals surface area contributed by atoms with E-state index in [-0.39, 0.29) is 44.9 Å². The minimum atomic E-state index is -0.724. The number of ether oxygens (including phenoxy) is 1. The summed E-state index contributed by atoms with van der Waals surface area (Å²) in [7, 11) is 0. The van der Waals surface area contributed by atoms with Gasteiger partial charge < -0.3 is 9.15 Å². The summed E-state index contributed by atoms with van der Waals surface area (Å²) in [5, 5.41) is 28.4. The smallest absolute Gasteiger partial charge is 0.313 e. The predicted octanol–water partition coefficient (Wildman–Crippen LogP) is 7.00. The first-order valence-electron chi connectivity index (χ1n) is 12.2. The van der Waals surface area contributed by atoms with Gasteiger partial charge in [0.1, 0.15) is 11.8 Å². The Morgan fingerprint density at radius 3 is 2.53 bits per heavy atom. The molecule has 0 radical (unpaired) electrons. The average molecular weight is 617 g/mol. The van der Waals surface area contributed by atoms with Crippen molar-refractivity contribution >= 4 is 62.7 Å². The van der Waals surface area contributed by atoms with Crippen LogP contribution < -0.4 is 10.3 Å². The molecule has 0 atom stereocenters. The van der Waals surface area contributed by atoms with E-state index in [2.05, 4.69) is 15.1 Å². The summed E-state index contributed by atoms with van der Waals surface area (Å²) in [5.41, 5.74) is -0.259. The Labute approximate surface area is 249 Å². The zero-order chi connectivity index (χ0) is 30.2. The van der Waals surface area contributed by atoms with E-state index in [4.69, 9.17) is 32.4 Å². The fourth-order valence-electron chi connectivity index (χ4n) is 4.20. The van der Waals surface area contributed by atoms with Crippen molar-refractivity contribution in [3.63, 3.8) is 0 Å². The SMILES string of the molecule is O=c1c2ccccc2nc(-c2cc3cc(Cl)ccc3o2)n1N=Cc1cc(Cl)c(Oc2ccc([N+](=O)[O-])cn2)c([N+](=O)[O-])c1. The Hall–Kier alpha value is -5.66. The molecule has 6 aromatic rings. The van der Waals surface area contributed by atoms with Crippen LogP contribution in [0.5, 0.6) is 11.6 Å². The van der Waals surface area contributed by atoms with Gasteiger partial charge in [0.05, 0.1) is 32.0 Å². The van der Waals surface area contributed by atoms with Crippen LogP contribution in [0.15, 0.2) is 93.3 Å². The first-order valence-corrected chi connectivity index (χ1v) is 13.0. The van der Waals surface area contributed by atoms with Crippen molar-refractivity contribution in [3.05, 3.63) is 125 Å². The van der Waals surface area contributed by atoms with E-state index in [0.717, 1.165) is 23.0 Å². The summed E-state index contributed by atoms with van der Waals surface area (Å²) in [6, 6.07) is 18.2. The van der Waals surface area contributed by atoms with E-state index in [1.807, 2.05) is 0 Å². The highest BCUT2D eigenvalue weighted by Crippen LogP contribution is 2.38. The third-order valence-corrected chi connectivity index (χ3v) is 6.67. The zero-order valence-corrected chi connectivity index (χ0v) is 22.9. The Bertz CT molecular complexity index is 2180. The number of rotatable bonds is 7. The number of nitro groups is 2. The highest BCUT2D eigenvalue weighted by Gasteiger charge is 2.23. The lowest BCUT2D eigenvalue weighted by Crippen LogP contribution is -2.20. The van der Waals surface area contributed by atoms with Gasteiger partial charge in [-0.3, -0.25) is 25.0 Å². The molecule has 0 aliphatic carbocycles. The maximum atomic E-state index is 13.5. The van der Waals surface area contributed by atoms with Gasteiger partial charge in [-0.2, -0.15) is 9.78 Å². The van der Waals surface area contributed by atoms with Gasteiger partial charge >= 0.3 is 5.69 Å². The lowest BCUT2D eigenvalue weighted by molar-refractivity contribution is -0.385. The van der Waals surface area contributed by atoms with Gasteiger partial charge in [0.2, 0.25) is 17.5 Å². The maximum Gasteiger partial charge on any atom is 0.313 e. The van der Waals surface area contributed by atoms with Gasteiger partial charge in [0, 0.05) is 34.2 Å². The second kappa shape index (κ2) is 11.0. The van der Waals surface area contributed by atoms with Gasteiger partial charge in [-0.25, -0.2) is 9.97 Å². The molecule has 6 rings (SSSR count). The molecule has 0 bridgehead atoms. The number of nitro benzene ring substituents is 1. The number of benzene rings is 3. The summed E-state index contributed by atoms with van der Waals surface area (Å²) < 4.78 is 12.5. The van der Waals surface area contributed by atoms with Crippen LogP contribution in [0.1, 0.15) is 5.56 Å². The third kappa shape index (κ3) is 5.37. The Morgan fingerprint density at radius 1 is 0.977 bits per heavy atom. The van der Waals surface area contributed by atoms with Crippen LogP contribution in [0.4, 0.5) is 11.4 Å². The van der Waals surface area contributed by atoms with E-state index in [0.29, 0.717) is 21.5 Å². The Morgan fingerprint density at radius 2 is 1.79 bits per heavy atom. The molecule has 13 nitrogen and oxygen atoms in total. The van der Waals surface area contributed by atoms with Gasteiger partial charge in [0.15, 0.2) is 5.76 Å². The van der Waals surface area contributed by atoms with E-state index in [1.165, 1.54) is 18.3 Å². The molecule has 0 amide bonds. The minimum absolute atomic E-state index is 0.0806. The standard InChI is InChI=1S/C28H14Cl2N6O7/c29-17-5-7-23-16(11-17)12-24(42-23)27-33-21-4-2-1-3-19(21)28(37)34(27)32-13-15-9-20(30)26(22(10-15)36(40)41)43-25-8-6-18(14-31-25)35(38)39/h1-14H. The molecule has 15 heteroatoms. The molecular weight excluding hydrogens is 603 g/mol. The van der Waals surface area contributed by atoms with Crippen molar-refractivity contribution in [2.45, 2.75) is 0 Å². The lowest BCUT2D eigenvalue weighted by Gasteiger charge is -2.09. The van der Waals surface area contributed by atoms with E-state index >= 15 is 0 Å². The number of nitrogens with zero attached hydrogens (tertiary/aromatic N) is 6. The zero-order valence-electron chi connectivity index (χ0n) is 21.4. The van der Waals surface area contributed by atoms with Crippen LogP contribution in [-0.4, -0.2) is 30.7 Å². The van der Waals surface area contributed by atoms with Crippen LogP contribution in [0.3, 0.4) is 0 Å². The number of fused-ring (bicyclic) bond motifs is 2. The van der Waals surface area contributed by atoms with Gasteiger partial charge in [0.25, 0.3) is 11.2 Å². The first kappa shape index (κ1) is 27.5. The fraction of sp³-hybridized carbons (Fsp3) is 0. The number of aromatic nitrogens is 3. The molecule has 43 heavy (non-hydrogen) atoms. The fourth-order valence-corrected chi connectivity index (χ4v) is 4.64. The number of halogens is 2. The van der Waals surface area contributed by atoms with Gasteiger partial charge in [-0.15, -0.1) is 0 Å². The first-order chi connectivity index (χ1) is 20.7. The van der Waals surface area contributed by atoms with Crippen LogP contribution >= 0.6 is 23.2 Å². The number of pyridine rings is 1. The van der Waals surface area contributed by atoms with E-state index < -0.39 is 21.1 Å². The number of hydrogen-bond acceptors (Lipinski definition) is 10. The number of hydrogen-bond donors (Lipinski definition) is 0. The average Bonchev–Trinajstić information content (AvgIpc) is 3.41. The minimum Gasteiger partial charge on any atom is -0.453 e. The second-order valence-corrected chi connectivity index (χ2v) is 9.77. The largest absolute Gasteiger partial charge is 0.453 e. The van der Waals surface area contributed by atoms with Crippen LogP contribution in [0.25, 0.3) is 33.5 Å². The molecule has 3 aromatic carbocycles. The highest BCUT2D eigenvalue weighted by atomic mass is 35.5. The molecule has 3 heterocycles. The van der Waals surface area contributed by atoms with Crippen molar-refractivity contribution in [1.82, 2.24) is 14.6 Å². The molecule has 0 fully saturated rings. The molecule has 0 spiro atoms. The lowest BCUT2D eigenvalue weighted by atomic mass is 10.2. The van der Waals surface area contributed by atoms with Crippen LogP contribution in [-0.2, 0) is 0 Å². The number of furan rings is 1. The van der Waals surface area contributed by atoms with Crippen molar-refractivity contribution in [2.75, 3.05) is 0 Å². The maximum absolute atomic E-state index is 13.5. The molecule has 3 aromatic heterocycles. The summed E-state index contributed by atoms with van der Waals surface area (Å²) in [5.74, 6) is -0.170. The summed E-state index contributed by atoms with van der Waals surface area (Å²) in [6.07, 6.45) is 2.15. The summed E-state index contributed by atoms with van der Waals surface area (Å²) in [4.78, 5) is 43.3. The Kier molecular flexibility index (Phi) is 7.01. The van der Waals surface area contributed by atoms with Crippen molar-refractivity contribution < 1.29 is 19.0 Å². The van der Waals surface area contributed by atoms with E-state index in [1.54, 1.807) is 48.5 Å². The third-order valence-electron chi connectivity index (χ3n) is 6.16. The molecule has 0 saturated heterocycles. The second-order valence-electron chi connectivity index (χ2n) is 8.93. The molecular formula is C28H14Cl2N6O7. The van der Waals surface area contributed by atoms with Crippen molar-refractivity contribution in [3.8, 4) is 23.2 Å². The molecule has 0 aliphatic heterocycles. The summed E-state index contributed by atoms with van der Waals surface area (Å²) >= 11 is 12.5. The number of para-hydroxylation sites is 1. The molecule has 0 unspecified atom stereocenters. The highest BCUT2D eigenvalue weighted by molar-refractivity contribution is 6.32. The quantitative estimate of drug-likeness (QED) is 0.104. The van der Waals surface area contributed by atoms with Crippen LogP contribution in [0.2, 0.25) is 10.0 Å². The monoisotopic (exact) mass is 616 g/mol. The Balaban J connectivity index is 1.43. The normalized spacial score (nSPS) is 11.4. The molecule has 212 valence electrons. The molecule has 0 saturated carbocycles. The predicted molar refractivity (Wildman–Crippen MR) is 158 cm³/mol. The van der Waals surface area contributed by atoms with Crippen molar-refractivity contribution in [2.24, 2.45) is 5.10 Å². The van der Waals surface area contributed by atoms with E-state index in [9.17, 15) is 25.0 Å². The topological polar surface area (TPSA) is 169 Å². The summed E-state index contributed by atoms with van der Waals surface area (Å²) in [6.45, 7) is 0. The molecule has 0 aliphatic rings.